The first-order valence-corrected chi connectivity index (χ1v) is 18.9. The summed E-state index contributed by atoms with van der Waals surface area (Å²) >= 11 is 0. The number of rotatable bonds is 10. The Morgan fingerprint density at radius 2 is 1.57 bits per heavy atom. The maximum atomic E-state index is 14.3. The number of carboxylic acids is 1. The van der Waals surface area contributed by atoms with Crippen LogP contribution in [0.5, 0.6) is 0 Å². The number of aliphatic carboxylic acids is 1. The molecule has 1 amide bonds. The molecule has 5 rings (SSSR count). The van der Waals surface area contributed by atoms with Crippen molar-refractivity contribution in [1.29, 1.82) is 0 Å². The fourth-order valence-corrected chi connectivity index (χ4v) is 12.6. The molecule has 6 nitrogen and oxygen atoms in total. The molecule has 0 aromatic heterocycles. The molecule has 0 radical (unpaired) electrons. The highest BCUT2D eigenvalue weighted by molar-refractivity contribution is 5.84. The van der Waals surface area contributed by atoms with Gasteiger partial charge in [-0.05, 0) is 116 Å². The second kappa shape index (κ2) is 12.9. The third kappa shape index (κ3) is 5.67. The number of amides is 1. The molecule has 0 heterocycles. The number of carbonyl (C=O) groups is 3. The van der Waals surface area contributed by atoms with E-state index in [2.05, 4.69) is 59.9 Å². The van der Waals surface area contributed by atoms with Crippen molar-refractivity contribution in [3.63, 3.8) is 0 Å². The normalized spacial score (nSPS) is 42.7. The van der Waals surface area contributed by atoms with Gasteiger partial charge in [-0.1, -0.05) is 79.4 Å². The van der Waals surface area contributed by atoms with Gasteiger partial charge < -0.3 is 15.2 Å². The summed E-state index contributed by atoms with van der Waals surface area (Å²) in [6.07, 6.45) is 17.3. The Balaban J connectivity index is 1.37. The largest absolute Gasteiger partial charge is 0.481 e. The third-order valence-corrected chi connectivity index (χ3v) is 15.5. The summed E-state index contributed by atoms with van der Waals surface area (Å²) in [5, 5.41) is 12.3. The summed E-state index contributed by atoms with van der Waals surface area (Å²) in [7, 11) is 0. The first kappa shape index (κ1) is 35.5. The summed E-state index contributed by atoms with van der Waals surface area (Å²) in [5.41, 5.74) is 1.71. The lowest BCUT2D eigenvalue weighted by Crippen LogP contribution is -2.66. The molecule has 4 saturated carbocycles. The molecule has 2 N–H and O–H groups in total. The van der Waals surface area contributed by atoms with Crippen molar-refractivity contribution < 1.29 is 24.2 Å². The number of nitrogens with one attached hydrogen (secondary N) is 1. The van der Waals surface area contributed by atoms with Crippen LogP contribution in [0.25, 0.3) is 0 Å². The van der Waals surface area contributed by atoms with Gasteiger partial charge in [-0.2, -0.15) is 0 Å². The minimum atomic E-state index is -0.715. The predicted molar refractivity (Wildman–Crippen MR) is 183 cm³/mol. The molecule has 0 aromatic rings. The van der Waals surface area contributed by atoms with E-state index in [0.29, 0.717) is 35.5 Å². The van der Waals surface area contributed by atoms with Crippen molar-refractivity contribution in [3.8, 4) is 0 Å². The Morgan fingerprint density at radius 1 is 0.870 bits per heavy atom. The third-order valence-electron chi connectivity index (χ3n) is 15.5. The van der Waals surface area contributed by atoms with Gasteiger partial charge in [-0.25, -0.2) is 0 Å². The number of carbonyl (C=O) groups excluding carboxylic acids is 2. The van der Waals surface area contributed by atoms with Crippen LogP contribution >= 0.6 is 0 Å². The monoisotopic (exact) mass is 639 g/mol. The highest BCUT2D eigenvalue weighted by Gasteiger charge is 2.69. The van der Waals surface area contributed by atoms with Gasteiger partial charge in [0.05, 0.1) is 5.41 Å². The van der Waals surface area contributed by atoms with E-state index in [1.54, 1.807) is 12.5 Å². The maximum absolute atomic E-state index is 14.3. The SMILES string of the molecule is CC(=O)O[C@H]1CC[C@@]2(C)C(CC[C@]3(C)C2CC=C2C4[C@@H](C)[C@H](C)CC[C@]4(C(=O)NCCCCCCCC(=O)O)CC[C@]23C)C1(C)C. The van der Waals surface area contributed by atoms with Gasteiger partial charge in [0.15, 0.2) is 0 Å². The zero-order valence-electron chi connectivity index (χ0n) is 30.4. The maximum Gasteiger partial charge on any atom is 0.303 e. The molecule has 5 aliphatic carbocycles. The molecule has 0 spiro atoms. The van der Waals surface area contributed by atoms with E-state index in [9.17, 15) is 14.4 Å². The van der Waals surface area contributed by atoms with E-state index >= 15 is 0 Å². The molecule has 46 heavy (non-hydrogen) atoms. The molecular formula is C40H65NO5. The van der Waals surface area contributed by atoms with Gasteiger partial charge in [0.1, 0.15) is 6.10 Å². The molecular weight excluding hydrogens is 574 g/mol. The van der Waals surface area contributed by atoms with Gasteiger partial charge in [0, 0.05) is 25.3 Å². The number of carboxylic acid groups (broad SMARTS) is 1. The van der Waals surface area contributed by atoms with Crippen molar-refractivity contribution in [2.75, 3.05) is 6.54 Å². The molecule has 0 aliphatic heterocycles. The predicted octanol–water partition coefficient (Wildman–Crippen LogP) is 9.12. The van der Waals surface area contributed by atoms with Crippen LogP contribution in [0.3, 0.4) is 0 Å². The standard InChI is InChI=1S/C40H65NO5/c1-26-17-22-40(35(45)41-25-13-11-9-10-12-14-33(43)44)24-23-38(7)29(34(40)27(26)2)15-16-31-37(6)20-19-32(46-28(3)42)36(4,5)30(37)18-21-39(31,38)8/h15,26-27,30-32,34H,9-14,16-25H2,1-8H3,(H,41,45)(H,43,44)/t26-,27+,30?,31?,32+,34?,37+,38-,39-,40+/m1/s1. The highest BCUT2D eigenvalue weighted by Crippen LogP contribution is 2.75. The molecule has 260 valence electrons. The topological polar surface area (TPSA) is 92.7 Å². The summed E-state index contributed by atoms with van der Waals surface area (Å²) < 4.78 is 5.94. The lowest BCUT2D eigenvalue weighted by Gasteiger charge is -2.71. The van der Waals surface area contributed by atoms with Crippen LogP contribution in [0.2, 0.25) is 0 Å². The zero-order valence-corrected chi connectivity index (χ0v) is 30.4. The van der Waals surface area contributed by atoms with Gasteiger partial charge in [-0.3, -0.25) is 14.4 Å². The number of hydrogen-bond donors (Lipinski definition) is 2. The van der Waals surface area contributed by atoms with E-state index in [4.69, 9.17) is 9.84 Å². The summed E-state index contributed by atoms with van der Waals surface area (Å²) in [5.74, 6) is 1.91. The van der Waals surface area contributed by atoms with Gasteiger partial charge in [0.25, 0.3) is 0 Å². The molecule has 0 saturated heterocycles. The quantitative estimate of drug-likeness (QED) is 0.141. The van der Waals surface area contributed by atoms with Crippen molar-refractivity contribution in [2.24, 2.45) is 56.7 Å². The number of allylic oxidation sites excluding steroid dienone is 2. The van der Waals surface area contributed by atoms with Crippen molar-refractivity contribution in [2.45, 2.75) is 158 Å². The summed E-state index contributed by atoms with van der Waals surface area (Å²) in [6.45, 7) is 19.6. The highest BCUT2D eigenvalue weighted by atomic mass is 16.5. The average Bonchev–Trinajstić information content (AvgIpc) is 2.97. The fourth-order valence-electron chi connectivity index (χ4n) is 12.6. The van der Waals surface area contributed by atoms with Crippen LogP contribution in [0.1, 0.15) is 152 Å². The summed E-state index contributed by atoms with van der Waals surface area (Å²) in [6, 6.07) is 0. The first-order valence-electron chi connectivity index (χ1n) is 18.9. The van der Waals surface area contributed by atoms with Crippen LogP contribution in [0.15, 0.2) is 11.6 Å². The molecule has 4 fully saturated rings. The van der Waals surface area contributed by atoms with Crippen LogP contribution < -0.4 is 5.32 Å². The second-order valence-corrected chi connectivity index (χ2v) is 17.9. The summed E-state index contributed by atoms with van der Waals surface area (Å²) in [4.78, 5) is 37.1. The number of fused-ring (bicyclic) bond motifs is 7. The Morgan fingerprint density at radius 3 is 2.26 bits per heavy atom. The first-order chi connectivity index (χ1) is 21.5. The second-order valence-electron chi connectivity index (χ2n) is 17.9. The van der Waals surface area contributed by atoms with Crippen molar-refractivity contribution in [1.82, 2.24) is 5.32 Å². The van der Waals surface area contributed by atoms with Crippen molar-refractivity contribution in [3.05, 3.63) is 11.6 Å². The lowest BCUT2D eigenvalue weighted by molar-refractivity contribution is -0.212. The Labute approximate surface area is 279 Å². The zero-order chi connectivity index (χ0) is 33.7. The Bertz CT molecular complexity index is 1210. The van der Waals surface area contributed by atoms with E-state index in [1.165, 1.54) is 12.8 Å². The number of unbranched alkanes of at least 4 members (excludes halogenated alkanes) is 4. The van der Waals surface area contributed by atoms with E-state index in [0.717, 1.165) is 83.6 Å². The smallest absolute Gasteiger partial charge is 0.303 e. The molecule has 0 bridgehead atoms. The van der Waals surface area contributed by atoms with Crippen LogP contribution in [-0.2, 0) is 19.1 Å². The molecule has 3 unspecified atom stereocenters. The van der Waals surface area contributed by atoms with E-state index in [-0.39, 0.29) is 45.6 Å². The van der Waals surface area contributed by atoms with Crippen molar-refractivity contribution >= 4 is 17.8 Å². The minimum Gasteiger partial charge on any atom is -0.481 e. The Kier molecular flexibility index (Phi) is 9.93. The van der Waals surface area contributed by atoms with Crippen LogP contribution in [-0.4, -0.2) is 35.6 Å². The van der Waals surface area contributed by atoms with Gasteiger partial charge in [0.2, 0.25) is 5.91 Å². The van der Waals surface area contributed by atoms with Crippen LogP contribution in [0, 0.1) is 56.7 Å². The average molecular weight is 640 g/mol. The molecule has 10 atom stereocenters. The van der Waals surface area contributed by atoms with E-state index < -0.39 is 5.97 Å². The molecule has 6 heteroatoms. The van der Waals surface area contributed by atoms with Gasteiger partial charge >= 0.3 is 11.9 Å². The van der Waals surface area contributed by atoms with E-state index in [1.807, 2.05) is 0 Å². The Hall–Kier alpha value is -1.85. The number of hydrogen-bond acceptors (Lipinski definition) is 4. The fraction of sp³-hybridized carbons (Fsp3) is 0.875. The number of esters is 1. The van der Waals surface area contributed by atoms with Gasteiger partial charge in [-0.15, -0.1) is 0 Å². The van der Waals surface area contributed by atoms with Crippen LogP contribution in [0.4, 0.5) is 0 Å². The lowest BCUT2D eigenvalue weighted by atomic mass is 9.33. The number of ether oxygens (including phenoxy) is 1. The molecule has 0 aromatic carbocycles. The minimum absolute atomic E-state index is 0.00645. The molecule has 5 aliphatic rings.